The number of hydrogen-bond donors (Lipinski definition) is 3. The van der Waals surface area contributed by atoms with E-state index in [0.717, 1.165) is 32.1 Å². The van der Waals surface area contributed by atoms with E-state index in [4.69, 9.17) is 17.2 Å². The van der Waals surface area contributed by atoms with E-state index in [1.807, 2.05) is 0 Å². The SMILES string of the molecule is CC(C)(CC(N)CCC(CN)CCCCN)[N+](=O)[O-]. The van der Waals surface area contributed by atoms with Gasteiger partial charge < -0.3 is 17.2 Å². The van der Waals surface area contributed by atoms with Crippen LogP contribution in [0.15, 0.2) is 0 Å². The highest BCUT2D eigenvalue weighted by Crippen LogP contribution is 2.20. The van der Waals surface area contributed by atoms with E-state index in [-0.39, 0.29) is 11.0 Å². The first-order valence-corrected chi connectivity index (χ1v) is 7.13. The molecule has 6 nitrogen and oxygen atoms in total. The van der Waals surface area contributed by atoms with E-state index in [0.29, 0.717) is 25.4 Å². The molecule has 0 aliphatic heterocycles. The minimum absolute atomic E-state index is 0.135. The van der Waals surface area contributed by atoms with Crippen LogP contribution >= 0.6 is 0 Å². The highest BCUT2D eigenvalue weighted by atomic mass is 16.6. The lowest BCUT2D eigenvalue weighted by molar-refractivity contribution is -0.562. The molecule has 6 heteroatoms. The van der Waals surface area contributed by atoms with Crippen LogP contribution in [0.25, 0.3) is 0 Å². The van der Waals surface area contributed by atoms with Crippen LogP contribution in [0.5, 0.6) is 0 Å². The van der Waals surface area contributed by atoms with Crippen molar-refractivity contribution in [2.45, 2.75) is 64.0 Å². The summed E-state index contributed by atoms with van der Waals surface area (Å²) in [6.07, 6.45) is 5.32. The summed E-state index contributed by atoms with van der Waals surface area (Å²) in [4.78, 5) is 10.6. The van der Waals surface area contributed by atoms with Gasteiger partial charge in [-0.2, -0.15) is 0 Å². The Balaban J connectivity index is 3.98. The van der Waals surface area contributed by atoms with Crippen molar-refractivity contribution in [2.24, 2.45) is 23.1 Å². The van der Waals surface area contributed by atoms with Crippen LogP contribution in [0.1, 0.15) is 52.4 Å². The standard InChI is InChI=1S/C13H30N4O2/c1-13(2,17(18)19)9-12(16)7-6-11(10-15)5-3-4-8-14/h11-12H,3-10,14-16H2,1-2H3. The lowest BCUT2D eigenvalue weighted by Gasteiger charge is -2.22. The fourth-order valence-corrected chi connectivity index (χ4v) is 2.23. The maximum absolute atomic E-state index is 10.8. The van der Waals surface area contributed by atoms with Gasteiger partial charge in [0.1, 0.15) is 0 Å². The van der Waals surface area contributed by atoms with Gasteiger partial charge in [-0.15, -0.1) is 0 Å². The molecule has 0 aromatic carbocycles. The van der Waals surface area contributed by atoms with E-state index in [1.54, 1.807) is 13.8 Å². The summed E-state index contributed by atoms with van der Waals surface area (Å²) in [5.74, 6) is 0.455. The number of rotatable bonds is 11. The van der Waals surface area contributed by atoms with Crippen LogP contribution in [0.4, 0.5) is 0 Å². The van der Waals surface area contributed by atoms with Crippen LogP contribution in [0.2, 0.25) is 0 Å². The van der Waals surface area contributed by atoms with E-state index in [9.17, 15) is 10.1 Å². The molecule has 0 rings (SSSR count). The van der Waals surface area contributed by atoms with Gasteiger partial charge in [0, 0.05) is 31.2 Å². The molecule has 0 heterocycles. The Morgan fingerprint density at radius 1 is 1.16 bits per heavy atom. The molecule has 0 bridgehead atoms. The second kappa shape index (κ2) is 9.23. The molecule has 0 spiro atoms. The molecule has 19 heavy (non-hydrogen) atoms. The molecule has 0 aromatic rings. The summed E-state index contributed by atoms with van der Waals surface area (Å²) in [6, 6.07) is -0.135. The molecular formula is C13H30N4O2. The first-order chi connectivity index (χ1) is 8.83. The summed E-state index contributed by atoms with van der Waals surface area (Å²) >= 11 is 0. The van der Waals surface area contributed by atoms with E-state index in [2.05, 4.69) is 0 Å². The lowest BCUT2D eigenvalue weighted by atomic mass is 9.89. The van der Waals surface area contributed by atoms with Crippen LogP contribution in [0, 0.1) is 16.0 Å². The Morgan fingerprint density at radius 3 is 2.26 bits per heavy atom. The third-order valence-electron chi connectivity index (χ3n) is 3.60. The largest absolute Gasteiger partial charge is 0.330 e. The highest BCUT2D eigenvalue weighted by molar-refractivity contribution is 4.76. The molecule has 114 valence electrons. The number of nitrogens with zero attached hydrogens (tertiary/aromatic N) is 1. The van der Waals surface area contributed by atoms with Gasteiger partial charge >= 0.3 is 0 Å². The molecule has 0 aliphatic rings. The maximum atomic E-state index is 10.8. The average molecular weight is 274 g/mol. The number of nitro groups is 1. The van der Waals surface area contributed by atoms with E-state index >= 15 is 0 Å². The number of unbranched alkanes of at least 4 members (excludes halogenated alkanes) is 1. The average Bonchev–Trinajstić information content (AvgIpc) is 2.32. The van der Waals surface area contributed by atoms with Gasteiger partial charge in [-0.25, -0.2) is 0 Å². The molecule has 6 N–H and O–H groups in total. The van der Waals surface area contributed by atoms with E-state index in [1.165, 1.54) is 0 Å². The first-order valence-electron chi connectivity index (χ1n) is 7.13. The zero-order chi connectivity index (χ0) is 14.9. The summed E-state index contributed by atoms with van der Waals surface area (Å²) in [6.45, 7) is 4.60. The van der Waals surface area contributed by atoms with Crippen molar-refractivity contribution in [3.63, 3.8) is 0 Å². The molecule has 0 amide bonds. The Labute approximate surface area is 116 Å². The van der Waals surface area contributed by atoms with Crippen LogP contribution in [-0.4, -0.2) is 29.6 Å². The topological polar surface area (TPSA) is 121 Å². The predicted octanol–water partition coefficient (Wildman–Crippen LogP) is 1.24. The summed E-state index contributed by atoms with van der Waals surface area (Å²) < 4.78 is 0. The Morgan fingerprint density at radius 2 is 1.79 bits per heavy atom. The normalized spacial score (nSPS) is 15.2. The molecule has 0 radical (unpaired) electrons. The Kier molecular flexibility index (Phi) is 8.88. The van der Waals surface area contributed by atoms with Gasteiger partial charge in [-0.3, -0.25) is 10.1 Å². The summed E-state index contributed by atoms with van der Waals surface area (Å²) in [5.41, 5.74) is 16.2. The fraction of sp³-hybridized carbons (Fsp3) is 1.00. The molecule has 0 saturated heterocycles. The van der Waals surface area contributed by atoms with Crippen LogP contribution in [0.3, 0.4) is 0 Å². The monoisotopic (exact) mass is 274 g/mol. The van der Waals surface area contributed by atoms with Gasteiger partial charge in [0.2, 0.25) is 5.54 Å². The Hall–Kier alpha value is -0.720. The van der Waals surface area contributed by atoms with Crippen molar-refractivity contribution in [1.82, 2.24) is 0 Å². The quantitative estimate of drug-likeness (QED) is 0.297. The predicted molar refractivity (Wildman–Crippen MR) is 78.3 cm³/mol. The molecule has 0 saturated carbocycles. The minimum atomic E-state index is -0.947. The second-order valence-corrected chi connectivity index (χ2v) is 6.00. The molecular weight excluding hydrogens is 244 g/mol. The summed E-state index contributed by atoms with van der Waals surface area (Å²) in [5, 5.41) is 10.8. The third-order valence-corrected chi connectivity index (χ3v) is 3.60. The van der Waals surface area contributed by atoms with Crippen molar-refractivity contribution in [3.05, 3.63) is 10.1 Å². The molecule has 2 unspecified atom stereocenters. The van der Waals surface area contributed by atoms with Crippen LogP contribution in [-0.2, 0) is 0 Å². The number of nitrogens with two attached hydrogens (primary N) is 3. The molecule has 2 atom stereocenters. The fourth-order valence-electron chi connectivity index (χ4n) is 2.23. The van der Waals surface area contributed by atoms with E-state index < -0.39 is 5.54 Å². The van der Waals surface area contributed by atoms with Gasteiger partial charge in [0.15, 0.2) is 0 Å². The first kappa shape index (κ1) is 18.3. The van der Waals surface area contributed by atoms with Gasteiger partial charge in [-0.05, 0) is 44.7 Å². The smallest absolute Gasteiger partial charge is 0.218 e. The van der Waals surface area contributed by atoms with Crippen molar-refractivity contribution >= 4 is 0 Å². The van der Waals surface area contributed by atoms with Gasteiger partial charge in [0.25, 0.3) is 0 Å². The third kappa shape index (κ3) is 8.13. The zero-order valence-corrected chi connectivity index (χ0v) is 12.3. The molecule has 0 fully saturated rings. The Bertz CT molecular complexity index is 259. The number of hydrogen-bond acceptors (Lipinski definition) is 5. The maximum Gasteiger partial charge on any atom is 0.218 e. The molecule has 0 aromatic heterocycles. The van der Waals surface area contributed by atoms with Crippen molar-refractivity contribution in [3.8, 4) is 0 Å². The summed E-state index contributed by atoms with van der Waals surface area (Å²) in [7, 11) is 0. The highest BCUT2D eigenvalue weighted by Gasteiger charge is 2.32. The van der Waals surface area contributed by atoms with Crippen LogP contribution < -0.4 is 17.2 Å². The second-order valence-electron chi connectivity index (χ2n) is 6.00. The molecule has 0 aliphatic carbocycles. The zero-order valence-electron chi connectivity index (χ0n) is 12.3. The van der Waals surface area contributed by atoms with Gasteiger partial charge in [0.05, 0.1) is 0 Å². The van der Waals surface area contributed by atoms with Crippen molar-refractivity contribution in [1.29, 1.82) is 0 Å². The minimum Gasteiger partial charge on any atom is -0.330 e. The van der Waals surface area contributed by atoms with Crippen molar-refractivity contribution in [2.75, 3.05) is 13.1 Å². The van der Waals surface area contributed by atoms with Gasteiger partial charge in [-0.1, -0.05) is 6.42 Å². The van der Waals surface area contributed by atoms with Crippen molar-refractivity contribution < 1.29 is 4.92 Å². The lowest BCUT2D eigenvalue weighted by Crippen LogP contribution is -2.38.